The van der Waals surface area contributed by atoms with E-state index in [2.05, 4.69) is 0 Å². The van der Waals surface area contributed by atoms with Gasteiger partial charge in [-0.3, -0.25) is 4.79 Å². The Hall–Kier alpha value is -1.64. The van der Waals surface area contributed by atoms with E-state index in [4.69, 9.17) is 16.3 Å². The fourth-order valence-corrected chi connectivity index (χ4v) is 4.47. The Balaban J connectivity index is 2.09. The maximum Gasteiger partial charge on any atom is 0.338 e. The minimum Gasteiger partial charge on any atom is -0.452 e. The van der Waals surface area contributed by atoms with Crippen molar-refractivity contribution in [1.29, 1.82) is 0 Å². The number of carbonyl (C=O) groups excluding carboxylic acids is 2. The van der Waals surface area contributed by atoms with Crippen LogP contribution in [0.2, 0.25) is 5.02 Å². The SMILES string of the molecule is CCC1CCCCN1C(=O)COC(=O)c1ccc(Cl)c(S(=O)(=O)N(C)C)c1. The standard InChI is InChI=1S/C18H25ClN2O5S/c1-4-14-7-5-6-10-21(14)17(22)12-26-18(23)13-8-9-15(19)16(11-13)27(24,25)20(2)3/h8-9,11,14H,4-7,10,12H2,1-3H3. The van der Waals surface area contributed by atoms with Crippen LogP contribution in [0.1, 0.15) is 43.0 Å². The number of amides is 1. The lowest BCUT2D eigenvalue weighted by Gasteiger charge is -2.35. The molecule has 0 radical (unpaired) electrons. The van der Waals surface area contributed by atoms with Gasteiger partial charge in [0.2, 0.25) is 10.0 Å². The second kappa shape index (κ2) is 9.03. The number of piperidine rings is 1. The molecule has 1 aliphatic rings. The molecule has 1 heterocycles. The van der Waals surface area contributed by atoms with E-state index in [-0.39, 0.29) is 34.0 Å². The first kappa shape index (κ1) is 21.7. The normalized spacial score (nSPS) is 17.8. The lowest BCUT2D eigenvalue weighted by Crippen LogP contribution is -2.45. The molecule has 0 spiro atoms. The number of nitrogens with zero attached hydrogens (tertiary/aromatic N) is 2. The number of benzene rings is 1. The number of rotatable bonds is 6. The zero-order valence-electron chi connectivity index (χ0n) is 15.8. The highest BCUT2D eigenvalue weighted by Gasteiger charge is 2.27. The van der Waals surface area contributed by atoms with E-state index >= 15 is 0 Å². The van der Waals surface area contributed by atoms with Crippen LogP contribution in [-0.4, -0.2) is 62.8 Å². The summed E-state index contributed by atoms with van der Waals surface area (Å²) < 4.78 is 30.7. The average Bonchev–Trinajstić information content (AvgIpc) is 2.65. The molecule has 1 fully saturated rings. The Labute approximate surface area is 165 Å². The molecule has 0 bridgehead atoms. The fraction of sp³-hybridized carbons (Fsp3) is 0.556. The summed E-state index contributed by atoms with van der Waals surface area (Å²) in [5, 5.41) is 0.00966. The maximum atomic E-state index is 12.4. The molecular weight excluding hydrogens is 392 g/mol. The van der Waals surface area contributed by atoms with Gasteiger partial charge >= 0.3 is 5.97 Å². The summed E-state index contributed by atoms with van der Waals surface area (Å²) in [7, 11) is -1.06. The second-order valence-electron chi connectivity index (χ2n) is 6.65. The highest BCUT2D eigenvalue weighted by molar-refractivity contribution is 7.89. The third kappa shape index (κ3) is 5.00. The minimum absolute atomic E-state index is 0.00966. The number of likely N-dealkylation sites (tertiary alicyclic amines) is 1. The van der Waals surface area contributed by atoms with E-state index in [1.165, 1.54) is 32.3 Å². The number of esters is 1. The first-order valence-electron chi connectivity index (χ1n) is 8.87. The molecule has 0 aromatic heterocycles. The molecular formula is C18H25ClN2O5S. The summed E-state index contributed by atoms with van der Waals surface area (Å²) in [5.41, 5.74) is 0.0262. The van der Waals surface area contributed by atoms with E-state index in [0.717, 1.165) is 30.0 Å². The maximum absolute atomic E-state index is 12.4. The molecule has 1 amide bonds. The van der Waals surface area contributed by atoms with Crippen molar-refractivity contribution in [3.05, 3.63) is 28.8 Å². The Bertz CT molecular complexity index is 810. The van der Waals surface area contributed by atoms with Crippen LogP contribution in [-0.2, 0) is 19.6 Å². The van der Waals surface area contributed by atoms with E-state index in [0.29, 0.717) is 6.54 Å². The Morgan fingerprint density at radius 3 is 2.63 bits per heavy atom. The fourth-order valence-electron chi connectivity index (χ4n) is 3.07. The molecule has 27 heavy (non-hydrogen) atoms. The third-order valence-corrected chi connectivity index (χ3v) is 6.97. The molecule has 1 aromatic rings. The molecule has 0 N–H and O–H groups in total. The second-order valence-corrected chi connectivity index (χ2v) is 9.18. The molecule has 0 aliphatic carbocycles. The molecule has 150 valence electrons. The highest BCUT2D eigenvalue weighted by atomic mass is 35.5. The topological polar surface area (TPSA) is 84.0 Å². The van der Waals surface area contributed by atoms with Crippen molar-refractivity contribution < 1.29 is 22.7 Å². The molecule has 1 aliphatic heterocycles. The summed E-state index contributed by atoms with van der Waals surface area (Å²) in [6.45, 7) is 2.33. The van der Waals surface area contributed by atoms with Crippen LogP contribution >= 0.6 is 11.6 Å². The van der Waals surface area contributed by atoms with Crippen LogP contribution in [0.5, 0.6) is 0 Å². The molecule has 2 rings (SSSR count). The van der Waals surface area contributed by atoms with Gasteiger partial charge in [0.05, 0.1) is 10.6 Å². The number of ether oxygens (including phenoxy) is 1. The first-order chi connectivity index (χ1) is 12.7. The molecule has 1 saturated heterocycles. The summed E-state index contributed by atoms with van der Waals surface area (Å²) in [6.07, 6.45) is 3.86. The number of hydrogen-bond donors (Lipinski definition) is 0. The number of halogens is 1. The smallest absolute Gasteiger partial charge is 0.338 e. The van der Waals surface area contributed by atoms with Gasteiger partial charge in [0.25, 0.3) is 5.91 Å². The predicted molar refractivity (Wildman–Crippen MR) is 102 cm³/mol. The number of sulfonamides is 1. The molecule has 0 saturated carbocycles. The van der Waals surface area contributed by atoms with Crippen LogP contribution in [0.3, 0.4) is 0 Å². The lowest BCUT2D eigenvalue weighted by atomic mass is 10.00. The number of carbonyl (C=O) groups is 2. The van der Waals surface area contributed by atoms with Gasteiger partial charge in [-0.1, -0.05) is 18.5 Å². The van der Waals surface area contributed by atoms with Crippen molar-refractivity contribution in [3.8, 4) is 0 Å². The summed E-state index contributed by atoms with van der Waals surface area (Å²) in [6, 6.07) is 4.05. The minimum atomic E-state index is -3.80. The van der Waals surface area contributed by atoms with Gasteiger partial charge < -0.3 is 9.64 Å². The van der Waals surface area contributed by atoms with Gasteiger partial charge in [-0.25, -0.2) is 17.5 Å². The molecule has 1 atom stereocenters. The van der Waals surface area contributed by atoms with Crippen LogP contribution in [0, 0.1) is 0 Å². The Morgan fingerprint density at radius 2 is 2.00 bits per heavy atom. The largest absolute Gasteiger partial charge is 0.452 e. The van der Waals surface area contributed by atoms with Gasteiger partial charge in [-0.05, 0) is 43.9 Å². The number of hydrogen-bond acceptors (Lipinski definition) is 5. The van der Waals surface area contributed by atoms with Crippen molar-refractivity contribution >= 4 is 33.5 Å². The van der Waals surface area contributed by atoms with Gasteiger partial charge in [-0.2, -0.15) is 0 Å². The van der Waals surface area contributed by atoms with E-state index < -0.39 is 16.0 Å². The van der Waals surface area contributed by atoms with Crippen molar-refractivity contribution in [2.75, 3.05) is 27.2 Å². The predicted octanol–water partition coefficient (Wildman–Crippen LogP) is 2.54. The van der Waals surface area contributed by atoms with Crippen LogP contribution < -0.4 is 0 Å². The molecule has 1 aromatic carbocycles. The zero-order chi connectivity index (χ0) is 20.2. The summed E-state index contributed by atoms with van der Waals surface area (Å²) >= 11 is 5.97. The third-order valence-electron chi connectivity index (χ3n) is 4.67. The van der Waals surface area contributed by atoms with Crippen molar-refractivity contribution in [3.63, 3.8) is 0 Å². The molecule has 7 nitrogen and oxygen atoms in total. The first-order valence-corrected chi connectivity index (χ1v) is 10.7. The summed E-state index contributed by atoms with van der Waals surface area (Å²) in [5.74, 6) is -0.995. The van der Waals surface area contributed by atoms with E-state index in [9.17, 15) is 18.0 Å². The van der Waals surface area contributed by atoms with Gasteiger partial charge in [0.1, 0.15) is 4.90 Å². The van der Waals surface area contributed by atoms with Crippen molar-refractivity contribution in [2.45, 2.75) is 43.5 Å². The van der Waals surface area contributed by atoms with Crippen molar-refractivity contribution in [2.24, 2.45) is 0 Å². The van der Waals surface area contributed by atoms with Crippen LogP contribution in [0.25, 0.3) is 0 Å². The Kier molecular flexibility index (Phi) is 7.25. The lowest BCUT2D eigenvalue weighted by molar-refractivity contribution is -0.138. The average molecular weight is 417 g/mol. The van der Waals surface area contributed by atoms with Crippen molar-refractivity contribution in [1.82, 2.24) is 9.21 Å². The van der Waals surface area contributed by atoms with Crippen LogP contribution in [0.4, 0.5) is 0 Å². The van der Waals surface area contributed by atoms with E-state index in [1.807, 2.05) is 6.92 Å². The quantitative estimate of drug-likeness (QED) is 0.665. The monoisotopic (exact) mass is 416 g/mol. The molecule has 9 heteroatoms. The van der Waals surface area contributed by atoms with E-state index in [1.54, 1.807) is 4.90 Å². The van der Waals surface area contributed by atoms with Gasteiger partial charge in [-0.15, -0.1) is 0 Å². The zero-order valence-corrected chi connectivity index (χ0v) is 17.3. The highest BCUT2D eigenvalue weighted by Crippen LogP contribution is 2.25. The molecule has 1 unspecified atom stereocenters. The summed E-state index contributed by atoms with van der Waals surface area (Å²) in [4.78, 5) is 26.3. The van der Waals surface area contributed by atoms with Gasteiger partial charge in [0.15, 0.2) is 6.61 Å². The Morgan fingerprint density at radius 1 is 1.30 bits per heavy atom. The van der Waals surface area contributed by atoms with Gasteiger partial charge in [0, 0.05) is 26.7 Å². The van der Waals surface area contributed by atoms with Crippen LogP contribution in [0.15, 0.2) is 23.1 Å².